The Morgan fingerprint density at radius 1 is 1.13 bits per heavy atom. The van der Waals surface area contributed by atoms with E-state index in [1.165, 1.54) is 11.8 Å². The molecule has 2 amide bonds. The van der Waals surface area contributed by atoms with E-state index in [0.717, 1.165) is 0 Å². The number of nitrogens with one attached hydrogen (secondary N) is 2. The molecule has 1 aromatic carbocycles. The Kier molecular flexibility index (Phi) is 8.14. The molecule has 0 saturated carbocycles. The van der Waals surface area contributed by atoms with Gasteiger partial charge in [-0.2, -0.15) is 11.8 Å². The summed E-state index contributed by atoms with van der Waals surface area (Å²) in [5.74, 6) is -1.77. The Labute approximate surface area is 138 Å². The second-order valence-corrected chi connectivity index (χ2v) is 5.74. The molecule has 8 heteroatoms. The first kappa shape index (κ1) is 19.0. The summed E-state index contributed by atoms with van der Waals surface area (Å²) in [6.45, 7) is -0.719. The number of rotatable bonds is 9. The predicted molar refractivity (Wildman–Crippen MR) is 87.3 cm³/mol. The second kappa shape index (κ2) is 9.86. The van der Waals surface area contributed by atoms with Crippen LogP contribution < -0.4 is 10.6 Å². The highest BCUT2D eigenvalue weighted by atomic mass is 32.2. The van der Waals surface area contributed by atoms with Gasteiger partial charge in [-0.15, -0.1) is 0 Å². The molecule has 0 radical (unpaired) electrons. The van der Waals surface area contributed by atoms with Gasteiger partial charge in [-0.05, 0) is 30.6 Å². The van der Waals surface area contributed by atoms with Crippen LogP contribution in [0.2, 0.25) is 0 Å². The molecular formula is C15H20N2O5S. The summed E-state index contributed by atoms with van der Waals surface area (Å²) >= 11 is 1.50. The molecule has 0 aliphatic heterocycles. The minimum atomic E-state index is -1.40. The number of aliphatic hydroxyl groups excluding tert-OH is 1. The van der Waals surface area contributed by atoms with Crippen LogP contribution in [0.1, 0.15) is 16.8 Å². The first-order valence-electron chi connectivity index (χ1n) is 6.98. The fourth-order valence-electron chi connectivity index (χ4n) is 1.79. The third kappa shape index (κ3) is 6.29. The van der Waals surface area contributed by atoms with Crippen LogP contribution in [0.3, 0.4) is 0 Å². The van der Waals surface area contributed by atoms with Gasteiger partial charge >= 0.3 is 5.97 Å². The normalized spacial score (nSPS) is 13.0. The van der Waals surface area contributed by atoms with Crippen molar-refractivity contribution in [3.8, 4) is 0 Å². The van der Waals surface area contributed by atoms with Crippen molar-refractivity contribution in [1.82, 2.24) is 10.6 Å². The minimum Gasteiger partial charge on any atom is -0.480 e. The van der Waals surface area contributed by atoms with Crippen LogP contribution in [0.15, 0.2) is 30.3 Å². The molecule has 7 nitrogen and oxygen atoms in total. The first-order valence-corrected chi connectivity index (χ1v) is 8.37. The van der Waals surface area contributed by atoms with Gasteiger partial charge in [-0.25, -0.2) is 4.79 Å². The maximum atomic E-state index is 12.2. The van der Waals surface area contributed by atoms with Gasteiger partial charge in [-0.3, -0.25) is 9.59 Å². The summed E-state index contributed by atoms with van der Waals surface area (Å²) in [5.41, 5.74) is 0.409. The number of carboxylic acids is 1. The number of carbonyl (C=O) groups excluding carboxylic acids is 2. The summed E-state index contributed by atoms with van der Waals surface area (Å²) in [6.07, 6.45) is 2.21. The van der Waals surface area contributed by atoms with E-state index in [1.807, 2.05) is 6.26 Å². The number of aliphatic carboxylic acids is 1. The third-order valence-corrected chi connectivity index (χ3v) is 3.71. The standard InChI is InChI=1S/C15H20N2O5S/c1-23-8-7-11(14(20)17-12(9-18)15(21)22)16-13(19)10-5-3-2-4-6-10/h2-6,11-12,18H,7-9H2,1H3,(H,16,19)(H,17,20)(H,21,22)/t11-,12-/m0/s1. The van der Waals surface area contributed by atoms with Gasteiger partial charge in [-0.1, -0.05) is 18.2 Å². The lowest BCUT2D eigenvalue weighted by atomic mass is 10.1. The molecule has 0 fully saturated rings. The van der Waals surface area contributed by atoms with E-state index in [4.69, 9.17) is 10.2 Å². The number of aliphatic hydroxyl groups is 1. The largest absolute Gasteiger partial charge is 0.480 e. The Balaban J connectivity index is 2.76. The summed E-state index contributed by atoms with van der Waals surface area (Å²) < 4.78 is 0. The zero-order valence-electron chi connectivity index (χ0n) is 12.7. The number of carbonyl (C=O) groups is 3. The molecule has 0 bridgehead atoms. The van der Waals surface area contributed by atoms with Crippen LogP contribution in [0, 0.1) is 0 Å². The highest BCUT2D eigenvalue weighted by Gasteiger charge is 2.26. The van der Waals surface area contributed by atoms with Crippen LogP contribution in [-0.2, 0) is 9.59 Å². The van der Waals surface area contributed by atoms with E-state index in [-0.39, 0.29) is 0 Å². The highest BCUT2D eigenvalue weighted by molar-refractivity contribution is 7.98. The number of hydrogen-bond acceptors (Lipinski definition) is 5. The van der Waals surface area contributed by atoms with E-state index < -0.39 is 36.5 Å². The van der Waals surface area contributed by atoms with Crippen molar-refractivity contribution in [3.63, 3.8) is 0 Å². The molecule has 1 aromatic rings. The van der Waals surface area contributed by atoms with Gasteiger partial charge in [0.05, 0.1) is 6.61 Å². The van der Waals surface area contributed by atoms with Crippen LogP contribution in [-0.4, -0.2) is 58.7 Å². The van der Waals surface area contributed by atoms with Crippen molar-refractivity contribution < 1.29 is 24.6 Å². The third-order valence-electron chi connectivity index (χ3n) is 3.07. The van der Waals surface area contributed by atoms with Gasteiger partial charge < -0.3 is 20.8 Å². The van der Waals surface area contributed by atoms with Crippen LogP contribution >= 0.6 is 11.8 Å². The van der Waals surface area contributed by atoms with Crippen molar-refractivity contribution >= 4 is 29.5 Å². The zero-order chi connectivity index (χ0) is 17.2. The maximum Gasteiger partial charge on any atom is 0.328 e. The number of amides is 2. The lowest BCUT2D eigenvalue weighted by Gasteiger charge is -2.20. The Bertz CT molecular complexity index is 538. The molecule has 0 saturated heterocycles. The zero-order valence-corrected chi connectivity index (χ0v) is 13.5. The van der Waals surface area contributed by atoms with E-state index in [9.17, 15) is 14.4 Å². The molecule has 0 heterocycles. The van der Waals surface area contributed by atoms with E-state index >= 15 is 0 Å². The van der Waals surface area contributed by atoms with Crippen molar-refractivity contribution in [1.29, 1.82) is 0 Å². The Morgan fingerprint density at radius 3 is 2.30 bits per heavy atom. The number of benzene rings is 1. The lowest BCUT2D eigenvalue weighted by Crippen LogP contribution is -2.52. The van der Waals surface area contributed by atoms with Gasteiger partial charge in [0.25, 0.3) is 5.91 Å². The second-order valence-electron chi connectivity index (χ2n) is 4.76. The molecule has 0 unspecified atom stereocenters. The predicted octanol–water partition coefficient (Wildman–Crippen LogP) is 0.0998. The van der Waals surface area contributed by atoms with Gasteiger partial charge in [0.2, 0.25) is 5.91 Å². The van der Waals surface area contributed by atoms with Crippen LogP contribution in [0.25, 0.3) is 0 Å². The minimum absolute atomic E-state index is 0.351. The smallest absolute Gasteiger partial charge is 0.328 e. The van der Waals surface area contributed by atoms with Crippen molar-refractivity contribution in [2.24, 2.45) is 0 Å². The molecule has 0 aromatic heterocycles. The fraction of sp³-hybridized carbons (Fsp3) is 0.400. The molecular weight excluding hydrogens is 320 g/mol. The number of thioether (sulfide) groups is 1. The molecule has 126 valence electrons. The van der Waals surface area contributed by atoms with Crippen LogP contribution in [0.4, 0.5) is 0 Å². The molecule has 2 atom stereocenters. The van der Waals surface area contributed by atoms with E-state index in [2.05, 4.69) is 10.6 Å². The van der Waals surface area contributed by atoms with Crippen molar-refractivity contribution in [2.75, 3.05) is 18.6 Å². The van der Waals surface area contributed by atoms with E-state index in [0.29, 0.717) is 17.7 Å². The highest BCUT2D eigenvalue weighted by Crippen LogP contribution is 2.05. The summed E-state index contributed by atoms with van der Waals surface area (Å²) in [4.78, 5) is 35.2. The van der Waals surface area contributed by atoms with E-state index in [1.54, 1.807) is 30.3 Å². The lowest BCUT2D eigenvalue weighted by molar-refractivity contribution is -0.143. The quantitative estimate of drug-likeness (QED) is 0.507. The first-order chi connectivity index (χ1) is 11.0. The maximum absolute atomic E-state index is 12.2. The topological polar surface area (TPSA) is 116 Å². The average Bonchev–Trinajstić information content (AvgIpc) is 2.56. The van der Waals surface area contributed by atoms with Crippen molar-refractivity contribution in [3.05, 3.63) is 35.9 Å². The SMILES string of the molecule is CSCC[C@H](NC(=O)c1ccccc1)C(=O)N[C@@H](CO)C(=O)O. The number of carboxylic acid groups (broad SMARTS) is 1. The van der Waals surface area contributed by atoms with Crippen LogP contribution in [0.5, 0.6) is 0 Å². The van der Waals surface area contributed by atoms with Gasteiger partial charge in [0.1, 0.15) is 12.1 Å². The van der Waals surface area contributed by atoms with Gasteiger partial charge in [0, 0.05) is 5.56 Å². The summed E-state index contributed by atoms with van der Waals surface area (Å²) in [6, 6.07) is 6.15. The summed E-state index contributed by atoms with van der Waals surface area (Å²) in [7, 11) is 0. The molecule has 23 heavy (non-hydrogen) atoms. The monoisotopic (exact) mass is 340 g/mol. The van der Waals surface area contributed by atoms with Gasteiger partial charge in [0.15, 0.2) is 0 Å². The molecule has 1 rings (SSSR count). The molecule has 0 aliphatic carbocycles. The van der Waals surface area contributed by atoms with Crippen molar-refractivity contribution in [2.45, 2.75) is 18.5 Å². The molecule has 0 spiro atoms. The summed E-state index contributed by atoms with van der Waals surface area (Å²) in [5, 5.41) is 22.7. The average molecular weight is 340 g/mol. The molecule has 0 aliphatic rings. The Hall–Kier alpha value is -2.06. The number of hydrogen-bond donors (Lipinski definition) is 4. The fourth-order valence-corrected chi connectivity index (χ4v) is 2.26. The molecule has 4 N–H and O–H groups in total. The Morgan fingerprint density at radius 2 is 1.78 bits per heavy atom.